The number of halogens is 1. The maximum atomic E-state index is 13.5. The first kappa shape index (κ1) is 19.0. The van der Waals surface area contributed by atoms with Gasteiger partial charge in [0.25, 0.3) is 0 Å². The van der Waals surface area contributed by atoms with Crippen LogP contribution < -0.4 is 4.90 Å². The van der Waals surface area contributed by atoms with Crippen LogP contribution in [0.3, 0.4) is 0 Å². The minimum absolute atomic E-state index is 0.173. The summed E-state index contributed by atoms with van der Waals surface area (Å²) in [6, 6.07) is 13.8. The zero-order chi connectivity index (χ0) is 20.8. The second-order valence-electron chi connectivity index (χ2n) is 7.40. The van der Waals surface area contributed by atoms with Crippen molar-refractivity contribution in [2.45, 2.75) is 26.0 Å². The van der Waals surface area contributed by atoms with Crippen LogP contribution in [-0.2, 0) is 24.8 Å². The maximum absolute atomic E-state index is 13.5. The Bertz CT molecular complexity index is 1020. The SMILES string of the molecule is CC(C)C1=N[C@](c2ccc(F)cc2)([C@H]2CC(=O)N(c3ccccc3)C2=O)OC1=O. The number of benzene rings is 2. The van der Waals surface area contributed by atoms with Crippen LogP contribution in [0, 0.1) is 17.7 Å². The van der Waals surface area contributed by atoms with Crippen molar-refractivity contribution < 1.29 is 23.5 Å². The van der Waals surface area contributed by atoms with Gasteiger partial charge in [-0.2, -0.15) is 0 Å². The molecule has 2 amide bonds. The van der Waals surface area contributed by atoms with E-state index in [2.05, 4.69) is 4.99 Å². The molecule has 0 radical (unpaired) electrons. The predicted octanol–water partition coefficient (Wildman–Crippen LogP) is 3.21. The second-order valence-corrected chi connectivity index (χ2v) is 7.40. The summed E-state index contributed by atoms with van der Waals surface area (Å²) in [6.07, 6.45) is -0.173. The van der Waals surface area contributed by atoms with Gasteiger partial charge in [0, 0.05) is 17.9 Å². The van der Waals surface area contributed by atoms with Crippen LogP contribution in [0.25, 0.3) is 0 Å². The molecule has 0 N–H and O–H groups in total. The van der Waals surface area contributed by atoms with Crippen molar-refractivity contribution in [3.8, 4) is 0 Å². The highest BCUT2D eigenvalue weighted by Crippen LogP contribution is 2.46. The Balaban J connectivity index is 1.83. The van der Waals surface area contributed by atoms with Gasteiger partial charge in [-0.1, -0.05) is 44.2 Å². The molecule has 2 heterocycles. The number of imide groups is 1. The normalized spacial score (nSPS) is 24.3. The fourth-order valence-corrected chi connectivity index (χ4v) is 3.75. The summed E-state index contributed by atoms with van der Waals surface area (Å²) in [4.78, 5) is 44.2. The summed E-state index contributed by atoms with van der Waals surface area (Å²) in [6.45, 7) is 3.58. The quantitative estimate of drug-likeness (QED) is 0.589. The molecule has 2 aromatic rings. The van der Waals surface area contributed by atoms with E-state index in [0.29, 0.717) is 11.3 Å². The van der Waals surface area contributed by atoms with E-state index in [9.17, 15) is 18.8 Å². The number of cyclic esters (lactones) is 1. The maximum Gasteiger partial charge on any atom is 0.355 e. The third kappa shape index (κ3) is 3.03. The Kier molecular flexibility index (Phi) is 4.53. The van der Waals surface area contributed by atoms with Gasteiger partial charge >= 0.3 is 5.97 Å². The van der Waals surface area contributed by atoms with Crippen molar-refractivity contribution in [1.29, 1.82) is 0 Å². The largest absolute Gasteiger partial charge is 0.427 e. The standard InChI is InChI=1S/C22H19FN2O4/c1-13(2)19-21(28)29-22(24-19,14-8-10-15(23)11-9-14)17-12-18(26)25(20(17)27)16-6-4-3-5-7-16/h3-11,13,17H,12H2,1-2H3/t17-,22-/m0/s1. The summed E-state index contributed by atoms with van der Waals surface area (Å²) in [7, 11) is 0. The summed E-state index contributed by atoms with van der Waals surface area (Å²) in [5.74, 6) is -3.30. The molecular weight excluding hydrogens is 375 g/mol. The molecule has 2 aliphatic heterocycles. The Hall–Kier alpha value is -3.35. The molecule has 0 unspecified atom stereocenters. The molecule has 29 heavy (non-hydrogen) atoms. The van der Waals surface area contributed by atoms with Gasteiger partial charge in [-0.25, -0.2) is 14.2 Å². The topological polar surface area (TPSA) is 76.0 Å². The number of ether oxygens (including phenoxy) is 1. The highest BCUT2D eigenvalue weighted by Gasteiger charge is 2.58. The number of carbonyl (C=O) groups is 3. The third-order valence-corrected chi connectivity index (χ3v) is 5.18. The van der Waals surface area contributed by atoms with Gasteiger partial charge in [-0.15, -0.1) is 0 Å². The molecule has 6 nitrogen and oxygen atoms in total. The minimum atomic E-state index is -1.69. The van der Waals surface area contributed by atoms with Gasteiger partial charge in [0.15, 0.2) is 0 Å². The van der Waals surface area contributed by atoms with Crippen LogP contribution in [-0.4, -0.2) is 23.5 Å². The van der Waals surface area contributed by atoms with Crippen LogP contribution >= 0.6 is 0 Å². The molecule has 2 atom stereocenters. The Labute approximate surface area is 167 Å². The van der Waals surface area contributed by atoms with Crippen LogP contribution in [0.2, 0.25) is 0 Å². The number of rotatable bonds is 4. The van der Waals surface area contributed by atoms with Crippen molar-refractivity contribution in [1.82, 2.24) is 0 Å². The monoisotopic (exact) mass is 394 g/mol. The van der Waals surface area contributed by atoms with Crippen molar-refractivity contribution in [3.63, 3.8) is 0 Å². The van der Waals surface area contributed by atoms with E-state index >= 15 is 0 Å². The summed E-state index contributed by atoms with van der Waals surface area (Å²) >= 11 is 0. The lowest BCUT2D eigenvalue weighted by Gasteiger charge is -2.30. The lowest BCUT2D eigenvalue weighted by molar-refractivity contribution is -0.156. The smallest absolute Gasteiger partial charge is 0.355 e. The molecule has 0 aromatic heterocycles. The van der Waals surface area contributed by atoms with E-state index in [1.165, 1.54) is 24.3 Å². The number of para-hydroxylation sites is 1. The Morgan fingerprint density at radius 3 is 2.31 bits per heavy atom. The molecule has 0 saturated carbocycles. The molecule has 1 fully saturated rings. The molecule has 7 heteroatoms. The zero-order valence-electron chi connectivity index (χ0n) is 16.0. The average molecular weight is 394 g/mol. The number of hydrogen-bond acceptors (Lipinski definition) is 5. The van der Waals surface area contributed by atoms with E-state index in [1.807, 2.05) is 0 Å². The molecule has 0 bridgehead atoms. The number of carbonyl (C=O) groups excluding carboxylic acids is 3. The first-order valence-corrected chi connectivity index (χ1v) is 9.34. The number of anilines is 1. The highest BCUT2D eigenvalue weighted by molar-refractivity contribution is 6.38. The molecule has 2 aromatic carbocycles. The summed E-state index contributed by atoms with van der Waals surface area (Å²) < 4.78 is 19.2. The fourth-order valence-electron chi connectivity index (χ4n) is 3.75. The summed E-state index contributed by atoms with van der Waals surface area (Å²) in [5.41, 5.74) is -0.714. The molecular formula is C22H19FN2O4. The van der Waals surface area contributed by atoms with Gasteiger partial charge in [0.2, 0.25) is 17.5 Å². The van der Waals surface area contributed by atoms with Crippen LogP contribution in [0.1, 0.15) is 25.8 Å². The van der Waals surface area contributed by atoms with Crippen molar-refractivity contribution in [2.75, 3.05) is 4.90 Å². The van der Waals surface area contributed by atoms with Crippen LogP contribution in [0.15, 0.2) is 59.6 Å². The van der Waals surface area contributed by atoms with E-state index < -0.39 is 35.2 Å². The van der Waals surface area contributed by atoms with Gasteiger partial charge in [-0.05, 0) is 24.3 Å². The van der Waals surface area contributed by atoms with Crippen LogP contribution in [0.4, 0.5) is 10.1 Å². The van der Waals surface area contributed by atoms with E-state index in [4.69, 9.17) is 4.74 Å². The minimum Gasteiger partial charge on any atom is -0.427 e. The van der Waals surface area contributed by atoms with E-state index in [1.54, 1.807) is 44.2 Å². The van der Waals surface area contributed by atoms with Crippen molar-refractivity contribution in [2.24, 2.45) is 16.8 Å². The lowest BCUT2D eigenvalue weighted by atomic mass is 9.87. The number of esters is 1. The first-order chi connectivity index (χ1) is 13.8. The Morgan fingerprint density at radius 1 is 1.07 bits per heavy atom. The third-order valence-electron chi connectivity index (χ3n) is 5.18. The number of amides is 2. The first-order valence-electron chi connectivity index (χ1n) is 9.34. The number of hydrogen-bond donors (Lipinski definition) is 0. The molecule has 4 rings (SSSR count). The van der Waals surface area contributed by atoms with Gasteiger partial charge in [-0.3, -0.25) is 14.5 Å². The number of nitrogens with zero attached hydrogens (tertiary/aromatic N) is 2. The Morgan fingerprint density at radius 2 is 1.72 bits per heavy atom. The van der Waals surface area contributed by atoms with Gasteiger partial charge in [0.05, 0.1) is 5.69 Å². The zero-order valence-corrected chi connectivity index (χ0v) is 16.0. The number of aliphatic imine (C=N–C) groups is 1. The average Bonchev–Trinajstić information content (AvgIpc) is 3.20. The van der Waals surface area contributed by atoms with E-state index in [-0.39, 0.29) is 18.1 Å². The van der Waals surface area contributed by atoms with Crippen LogP contribution in [0.5, 0.6) is 0 Å². The predicted molar refractivity (Wildman–Crippen MR) is 103 cm³/mol. The van der Waals surface area contributed by atoms with Crippen molar-refractivity contribution in [3.05, 3.63) is 66.0 Å². The van der Waals surface area contributed by atoms with Gasteiger partial charge < -0.3 is 4.74 Å². The second kappa shape index (κ2) is 6.92. The molecule has 0 spiro atoms. The summed E-state index contributed by atoms with van der Waals surface area (Å²) in [5, 5.41) is 0. The lowest BCUT2D eigenvalue weighted by Crippen LogP contribution is -2.40. The molecule has 1 saturated heterocycles. The van der Waals surface area contributed by atoms with Crippen molar-refractivity contribution >= 4 is 29.2 Å². The highest BCUT2D eigenvalue weighted by atomic mass is 19.1. The van der Waals surface area contributed by atoms with E-state index in [0.717, 1.165) is 4.90 Å². The molecule has 0 aliphatic carbocycles. The fraction of sp³-hybridized carbons (Fsp3) is 0.273. The molecule has 2 aliphatic rings. The molecule has 148 valence electrons. The van der Waals surface area contributed by atoms with Gasteiger partial charge in [0.1, 0.15) is 17.4 Å².